The summed E-state index contributed by atoms with van der Waals surface area (Å²) in [6.07, 6.45) is 0.224. The Balaban J connectivity index is 3.18. The summed E-state index contributed by atoms with van der Waals surface area (Å²) in [4.78, 5) is 11.2. The minimum Gasteiger partial charge on any atom is -0.494 e. The molecule has 1 N–H and O–H groups in total. The second-order valence-corrected chi connectivity index (χ2v) is 5.05. The van der Waals surface area contributed by atoms with Gasteiger partial charge in [0.2, 0.25) is 0 Å². The van der Waals surface area contributed by atoms with Crippen LogP contribution in [-0.2, 0) is 22.6 Å². The van der Waals surface area contributed by atoms with Crippen LogP contribution in [-0.4, -0.2) is 25.3 Å². The maximum absolute atomic E-state index is 13.7. The molecule has 106 valence electrons. The molecule has 0 aromatic heterocycles. The van der Waals surface area contributed by atoms with Crippen LogP contribution in [0.3, 0.4) is 0 Å². The van der Waals surface area contributed by atoms with Crippen molar-refractivity contribution < 1.29 is 23.8 Å². The average molecular weight is 270 g/mol. The Bertz CT molecular complexity index is 469. The largest absolute Gasteiger partial charge is 0.494 e. The van der Waals surface area contributed by atoms with Gasteiger partial charge in [-0.2, -0.15) is 0 Å². The van der Waals surface area contributed by atoms with Crippen LogP contribution in [0.4, 0.5) is 4.39 Å². The van der Waals surface area contributed by atoms with Crippen LogP contribution < -0.4 is 4.74 Å². The van der Waals surface area contributed by atoms with Crippen molar-refractivity contribution in [2.75, 3.05) is 14.2 Å². The number of carbonyl (C=O) groups is 1. The number of hydrogen-bond donors (Lipinski definition) is 1. The average Bonchev–Trinajstić information content (AvgIpc) is 2.32. The fourth-order valence-electron chi connectivity index (χ4n) is 1.80. The van der Waals surface area contributed by atoms with Crippen LogP contribution in [0.5, 0.6) is 5.75 Å². The zero-order chi connectivity index (χ0) is 14.6. The van der Waals surface area contributed by atoms with Gasteiger partial charge in [0, 0.05) is 7.11 Å². The Labute approximate surface area is 112 Å². The fraction of sp³-hybridized carbons (Fsp3) is 0.500. The number of benzene rings is 1. The molecule has 0 aliphatic rings. The molecule has 0 bridgehead atoms. The van der Waals surface area contributed by atoms with Gasteiger partial charge in [-0.15, -0.1) is 0 Å². The maximum atomic E-state index is 13.7. The van der Waals surface area contributed by atoms with Gasteiger partial charge in [-0.3, -0.25) is 4.79 Å². The minimum absolute atomic E-state index is 0.129. The van der Waals surface area contributed by atoms with E-state index in [2.05, 4.69) is 0 Å². The van der Waals surface area contributed by atoms with Crippen LogP contribution in [0.15, 0.2) is 12.1 Å². The van der Waals surface area contributed by atoms with Crippen molar-refractivity contribution in [3.63, 3.8) is 0 Å². The van der Waals surface area contributed by atoms with Crippen LogP contribution in [0.1, 0.15) is 25.0 Å². The van der Waals surface area contributed by atoms with Gasteiger partial charge in [0.25, 0.3) is 0 Å². The SMILES string of the molecule is COCc1cc(OC)c(F)cc1CC(C)(C)C(=O)O. The van der Waals surface area contributed by atoms with Gasteiger partial charge in [0.15, 0.2) is 11.6 Å². The first kappa shape index (κ1) is 15.4. The van der Waals surface area contributed by atoms with E-state index in [0.717, 1.165) is 5.56 Å². The second-order valence-electron chi connectivity index (χ2n) is 5.05. The van der Waals surface area contributed by atoms with Gasteiger partial charge in [-0.05, 0) is 43.5 Å². The standard InChI is InChI=1S/C14H19FO4/c1-14(2,13(16)17)7-9-5-11(15)12(19-4)6-10(9)8-18-3/h5-6H,7-8H2,1-4H3,(H,16,17). The van der Waals surface area contributed by atoms with E-state index < -0.39 is 17.2 Å². The first-order chi connectivity index (χ1) is 8.81. The molecule has 5 heteroatoms. The number of halogens is 1. The first-order valence-corrected chi connectivity index (χ1v) is 5.89. The van der Waals surface area contributed by atoms with E-state index in [1.165, 1.54) is 20.3 Å². The number of carboxylic acid groups (broad SMARTS) is 1. The van der Waals surface area contributed by atoms with E-state index in [9.17, 15) is 9.18 Å². The Morgan fingerprint density at radius 1 is 1.32 bits per heavy atom. The topological polar surface area (TPSA) is 55.8 Å². The molecule has 0 heterocycles. The fourth-order valence-corrected chi connectivity index (χ4v) is 1.80. The van der Waals surface area contributed by atoms with Crippen LogP contribution >= 0.6 is 0 Å². The highest BCUT2D eigenvalue weighted by Gasteiger charge is 2.29. The third-order valence-corrected chi connectivity index (χ3v) is 2.99. The predicted molar refractivity (Wildman–Crippen MR) is 68.8 cm³/mol. The lowest BCUT2D eigenvalue weighted by Crippen LogP contribution is -2.26. The molecule has 0 amide bonds. The number of methoxy groups -OCH3 is 2. The summed E-state index contributed by atoms with van der Waals surface area (Å²) in [5.74, 6) is -1.30. The molecule has 0 atom stereocenters. The predicted octanol–water partition coefficient (Wildman–Crippen LogP) is 2.63. The van der Waals surface area contributed by atoms with Crippen molar-refractivity contribution in [3.05, 3.63) is 29.1 Å². The summed E-state index contributed by atoms with van der Waals surface area (Å²) in [5, 5.41) is 9.14. The van der Waals surface area contributed by atoms with Crippen molar-refractivity contribution in [3.8, 4) is 5.75 Å². The Morgan fingerprint density at radius 2 is 1.95 bits per heavy atom. The van der Waals surface area contributed by atoms with Crippen molar-refractivity contribution >= 4 is 5.97 Å². The first-order valence-electron chi connectivity index (χ1n) is 5.89. The molecule has 0 unspecified atom stereocenters. The molecular weight excluding hydrogens is 251 g/mol. The molecule has 0 aliphatic carbocycles. The smallest absolute Gasteiger partial charge is 0.309 e. The number of aliphatic carboxylic acids is 1. The molecule has 0 saturated carbocycles. The van der Waals surface area contributed by atoms with Crippen molar-refractivity contribution in [2.24, 2.45) is 5.41 Å². The van der Waals surface area contributed by atoms with Crippen molar-refractivity contribution in [1.82, 2.24) is 0 Å². The number of carboxylic acids is 1. The molecule has 19 heavy (non-hydrogen) atoms. The van der Waals surface area contributed by atoms with Crippen LogP contribution in [0.2, 0.25) is 0 Å². The molecule has 0 saturated heterocycles. The zero-order valence-corrected chi connectivity index (χ0v) is 11.6. The number of ether oxygens (including phenoxy) is 2. The summed E-state index contributed by atoms with van der Waals surface area (Å²) >= 11 is 0. The van der Waals surface area contributed by atoms with Gasteiger partial charge in [0.05, 0.1) is 19.1 Å². The van der Waals surface area contributed by atoms with Crippen LogP contribution in [0, 0.1) is 11.2 Å². The Morgan fingerprint density at radius 3 is 2.42 bits per heavy atom. The Kier molecular flexibility index (Phi) is 4.89. The van der Waals surface area contributed by atoms with E-state index in [1.807, 2.05) is 0 Å². The van der Waals surface area contributed by atoms with Gasteiger partial charge in [-0.1, -0.05) is 0 Å². The molecule has 0 radical (unpaired) electrons. The third-order valence-electron chi connectivity index (χ3n) is 2.99. The molecule has 1 aromatic rings. The summed E-state index contributed by atoms with van der Waals surface area (Å²) in [6.45, 7) is 3.49. The highest BCUT2D eigenvalue weighted by Crippen LogP contribution is 2.29. The lowest BCUT2D eigenvalue weighted by molar-refractivity contribution is -0.146. The van der Waals surface area contributed by atoms with E-state index in [4.69, 9.17) is 14.6 Å². The number of hydrogen-bond acceptors (Lipinski definition) is 3. The van der Waals surface area contributed by atoms with Crippen LogP contribution in [0.25, 0.3) is 0 Å². The van der Waals surface area contributed by atoms with Gasteiger partial charge >= 0.3 is 5.97 Å². The molecule has 0 aliphatic heterocycles. The van der Waals surface area contributed by atoms with Crippen molar-refractivity contribution in [1.29, 1.82) is 0 Å². The summed E-state index contributed by atoms with van der Waals surface area (Å²) in [5.41, 5.74) is 0.381. The van der Waals surface area contributed by atoms with Gasteiger partial charge in [-0.25, -0.2) is 4.39 Å². The maximum Gasteiger partial charge on any atom is 0.309 e. The molecule has 1 aromatic carbocycles. The highest BCUT2D eigenvalue weighted by molar-refractivity contribution is 5.74. The summed E-state index contributed by atoms with van der Waals surface area (Å²) in [6, 6.07) is 2.87. The van der Waals surface area contributed by atoms with Gasteiger partial charge in [0.1, 0.15) is 0 Å². The molecule has 0 fully saturated rings. The normalized spacial score (nSPS) is 11.4. The van der Waals surface area contributed by atoms with Crippen molar-refractivity contribution in [2.45, 2.75) is 26.9 Å². The molecular formula is C14H19FO4. The highest BCUT2D eigenvalue weighted by atomic mass is 19.1. The summed E-state index contributed by atoms with van der Waals surface area (Å²) < 4.78 is 23.7. The van der Waals surface area contributed by atoms with E-state index in [0.29, 0.717) is 5.56 Å². The third kappa shape index (κ3) is 3.67. The van der Waals surface area contributed by atoms with E-state index >= 15 is 0 Å². The number of rotatable bonds is 6. The van der Waals surface area contributed by atoms with Gasteiger partial charge < -0.3 is 14.6 Å². The summed E-state index contributed by atoms with van der Waals surface area (Å²) in [7, 11) is 2.91. The Hall–Kier alpha value is -1.62. The van der Waals surface area contributed by atoms with E-state index in [-0.39, 0.29) is 18.8 Å². The second kappa shape index (κ2) is 6.02. The molecule has 0 spiro atoms. The zero-order valence-electron chi connectivity index (χ0n) is 11.6. The molecule has 1 rings (SSSR count). The monoisotopic (exact) mass is 270 g/mol. The lowest BCUT2D eigenvalue weighted by atomic mass is 9.84. The quantitative estimate of drug-likeness (QED) is 0.863. The lowest BCUT2D eigenvalue weighted by Gasteiger charge is -2.21. The van der Waals surface area contributed by atoms with E-state index in [1.54, 1.807) is 19.9 Å². The molecule has 4 nitrogen and oxygen atoms in total. The minimum atomic E-state index is -0.969.